The van der Waals surface area contributed by atoms with Gasteiger partial charge in [-0.05, 0) is 42.7 Å². The molecule has 0 bridgehead atoms. The van der Waals surface area contributed by atoms with Crippen LogP contribution in [-0.4, -0.2) is 70.1 Å². The number of hydrogen-bond acceptors (Lipinski definition) is 6. The summed E-state index contributed by atoms with van der Waals surface area (Å²) in [5.41, 5.74) is 3.40. The molecule has 0 radical (unpaired) electrons. The molecule has 7 nitrogen and oxygen atoms in total. The number of ether oxygens (including phenoxy) is 1. The number of rotatable bonds is 5. The normalized spacial score (nSPS) is 18.0. The van der Waals surface area contributed by atoms with Gasteiger partial charge in [0.05, 0.1) is 36.3 Å². The molecule has 0 spiro atoms. The molecule has 0 saturated carbocycles. The summed E-state index contributed by atoms with van der Waals surface area (Å²) in [6.45, 7) is 7.83. The Balaban J connectivity index is 1.59. The summed E-state index contributed by atoms with van der Waals surface area (Å²) in [6, 6.07) is 6.32. The summed E-state index contributed by atoms with van der Waals surface area (Å²) >= 11 is 0. The van der Waals surface area contributed by atoms with E-state index in [-0.39, 0.29) is 18.1 Å². The van der Waals surface area contributed by atoms with Gasteiger partial charge in [-0.25, -0.2) is 9.50 Å². The van der Waals surface area contributed by atoms with E-state index in [0.717, 1.165) is 41.9 Å². The third kappa shape index (κ3) is 4.37. The zero-order valence-electron chi connectivity index (χ0n) is 19.3. The van der Waals surface area contributed by atoms with Gasteiger partial charge >= 0.3 is 6.18 Å². The molecule has 34 heavy (non-hydrogen) atoms. The fraction of sp³-hybridized carbons (Fsp3) is 0.500. The lowest BCUT2D eigenvalue weighted by molar-refractivity contribution is -0.138. The highest BCUT2D eigenvalue weighted by atomic mass is 19.4. The first-order valence-corrected chi connectivity index (χ1v) is 11.5. The monoisotopic (exact) mass is 475 g/mol. The molecule has 1 aromatic carbocycles. The first-order valence-electron chi connectivity index (χ1n) is 11.5. The molecule has 2 aliphatic heterocycles. The van der Waals surface area contributed by atoms with Crippen LogP contribution in [0.2, 0.25) is 0 Å². The van der Waals surface area contributed by atoms with E-state index < -0.39 is 11.7 Å². The molecule has 2 saturated heterocycles. The van der Waals surface area contributed by atoms with E-state index in [0.29, 0.717) is 44.1 Å². The van der Waals surface area contributed by atoms with Crippen molar-refractivity contribution in [3.63, 3.8) is 0 Å². The van der Waals surface area contributed by atoms with E-state index in [2.05, 4.69) is 9.80 Å². The highest BCUT2D eigenvalue weighted by Crippen LogP contribution is 2.34. The topological polar surface area (TPSA) is 66.1 Å². The highest BCUT2D eigenvalue weighted by Gasteiger charge is 2.33. The van der Waals surface area contributed by atoms with Crippen LogP contribution in [0.3, 0.4) is 0 Å². The molecule has 2 aliphatic rings. The Labute approximate surface area is 195 Å². The zero-order valence-corrected chi connectivity index (χ0v) is 19.3. The maximum Gasteiger partial charge on any atom is 0.416 e. The Kier molecular flexibility index (Phi) is 5.99. The number of anilines is 1. The summed E-state index contributed by atoms with van der Waals surface area (Å²) < 4.78 is 47.9. The minimum atomic E-state index is -4.41. The van der Waals surface area contributed by atoms with Crippen LogP contribution >= 0.6 is 0 Å². The van der Waals surface area contributed by atoms with Crippen molar-refractivity contribution in [2.45, 2.75) is 39.1 Å². The highest BCUT2D eigenvalue weighted by molar-refractivity contribution is 5.56. The molecule has 2 fully saturated rings. The number of nitrogens with zero attached hydrogens (tertiary/aromatic N) is 5. The molecule has 0 aliphatic carbocycles. The van der Waals surface area contributed by atoms with E-state index >= 15 is 0 Å². The van der Waals surface area contributed by atoms with Gasteiger partial charge in [-0.1, -0.05) is 12.1 Å². The van der Waals surface area contributed by atoms with Crippen molar-refractivity contribution in [3.8, 4) is 0 Å². The molecule has 182 valence electrons. The Bertz CT molecular complexity index is 1200. The molecule has 1 N–H and O–H groups in total. The number of β-amino-alcohol motifs (C(OH)–C–C–N with tert-alkyl or cyclic N) is 1. The van der Waals surface area contributed by atoms with Crippen LogP contribution in [0.1, 0.15) is 33.6 Å². The van der Waals surface area contributed by atoms with Crippen molar-refractivity contribution >= 4 is 11.5 Å². The second-order valence-corrected chi connectivity index (χ2v) is 9.14. The molecule has 0 atom stereocenters. The van der Waals surface area contributed by atoms with Crippen LogP contribution in [0.4, 0.5) is 19.0 Å². The minimum Gasteiger partial charge on any atom is -0.390 e. The van der Waals surface area contributed by atoms with Crippen LogP contribution in [0, 0.1) is 13.8 Å². The first kappa shape index (κ1) is 23.1. The Hall–Kier alpha value is -2.69. The van der Waals surface area contributed by atoms with Crippen LogP contribution in [0.5, 0.6) is 0 Å². The molecular weight excluding hydrogens is 447 g/mol. The number of morpholine rings is 1. The van der Waals surface area contributed by atoms with Gasteiger partial charge in [-0.15, -0.1) is 5.10 Å². The molecule has 0 unspecified atom stereocenters. The number of benzene rings is 1. The average molecular weight is 476 g/mol. The fourth-order valence-electron chi connectivity index (χ4n) is 4.74. The van der Waals surface area contributed by atoms with Crippen molar-refractivity contribution in [2.24, 2.45) is 0 Å². The van der Waals surface area contributed by atoms with Crippen LogP contribution < -0.4 is 4.90 Å². The molecule has 4 heterocycles. The minimum absolute atomic E-state index is 0.219. The maximum absolute atomic E-state index is 13.5. The fourth-order valence-corrected chi connectivity index (χ4v) is 4.74. The van der Waals surface area contributed by atoms with E-state index in [9.17, 15) is 18.3 Å². The number of alkyl halides is 3. The van der Waals surface area contributed by atoms with Gasteiger partial charge in [0, 0.05) is 39.1 Å². The molecule has 2 aromatic heterocycles. The second kappa shape index (κ2) is 8.83. The largest absolute Gasteiger partial charge is 0.416 e. The van der Waals surface area contributed by atoms with Gasteiger partial charge in [-0.2, -0.15) is 13.2 Å². The number of aryl methyl sites for hydroxylation is 1. The van der Waals surface area contributed by atoms with E-state index in [1.165, 1.54) is 13.0 Å². The smallest absolute Gasteiger partial charge is 0.390 e. The van der Waals surface area contributed by atoms with Crippen LogP contribution in [0.15, 0.2) is 24.3 Å². The third-order valence-electron chi connectivity index (χ3n) is 6.69. The van der Waals surface area contributed by atoms with Gasteiger partial charge in [-0.3, -0.25) is 4.90 Å². The van der Waals surface area contributed by atoms with Crippen LogP contribution in [0.25, 0.3) is 5.65 Å². The maximum atomic E-state index is 13.5. The lowest BCUT2D eigenvalue weighted by Gasteiger charge is -2.35. The van der Waals surface area contributed by atoms with Gasteiger partial charge < -0.3 is 14.7 Å². The molecule has 0 amide bonds. The summed E-state index contributed by atoms with van der Waals surface area (Å²) in [6.07, 6.45) is -4.48. The number of aromatic nitrogens is 3. The van der Waals surface area contributed by atoms with Crippen molar-refractivity contribution in [2.75, 3.05) is 44.3 Å². The summed E-state index contributed by atoms with van der Waals surface area (Å²) in [4.78, 5) is 9.08. The quantitative estimate of drug-likeness (QED) is 0.612. The number of hydrogen-bond donors (Lipinski definition) is 1. The molecule has 3 aromatic rings. The van der Waals surface area contributed by atoms with Crippen LogP contribution in [-0.2, 0) is 23.9 Å². The van der Waals surface area contributed by atoms with Gasteiger partial charge in [0.25, 0.3) is 0 Å². The lowest BCUT2D eigenvalue weighted by atomic mass is 9.97. The van der Waals surface area contributed by atoms with Crippen molar-refractivity contribution in [3.05, 3.63) is 57.9 Å². The zero-order chi connectivity index (χ0) is 24.0. The molecule has 10 heteroatoms. The number of halogens is 3. The summed E-state index contributed by atoms with van der Waals surface area (Å²) in [7, 11) is 0. The lowest BCUT2D eigenvalue weighted by Crippen LogP contribution is -2.50. The third-order valence-corrected chi connectivity index (χ3v) is 6.69. The standard InChI is InChI=1S/C24H28F3N5O2/c1-15-10-22(31-6-8-34-9-7-31)29-32-21(20(28-23(15)32)14-30-12-18(33)13-30)11-17-4-3-5-19(16(17)2)24(25,26)27/h3-5,10,18,33H,6-9,11-14H2,1-2H3. The predicted octanol–water partition coefficient (Wildman–Crippen LogP) is 2.97. The van der Waals surface area contributed by atoms with Gasteiger partial charge in [0.1, 0.15) is 5.82 Å². The van der Waals surface area contributed by atoms with Crippen molar-refractivity contribution < 1.29 is 23.0 Å². The summed E-state index contributed by atoms with van der Waals surface area (Å²) in [5.74, 6) is 0.804. The van der Waals surface area contributed by atoms with Gasteiger partial charge in [0.15, 0.2) is 5.65 Å². The first-order chi connectivity index (χ1) is 16.2. The Morgan fingerprint density at radius 3 is 2.56 bits per heavy atom. The Morgan fingerprint density at radius 2 is 1.88 bits per heavy atom. The Morgan fingerprint density at radius 1 is 1.15 bits per heavy atom. The number of aliphatic hydroxyl groups excluding tert-OH is 1. The van der Waals surface area contributed by atoms with E-state index in [1.807, 2.05) is 13.0 Å². The van der Waals surface area contributed by atoms with E-state index in [4.69, 9.17) is 14.8 Å². The second-order valence-electron chi connectivity index (χ2n) is 9.14. The average Bonchev–Trinajstić information content (AvgIpc) is 3.11. The molecule has 5 rings (SSSR count). The predicted molar refractivity (Wildman–Crippen MR) is 121 cm³/mol. The van der Waals surface area contributed by atoms with Gasteiger partial charge in [0.2, 0.25) is 0 Å². The summed E-state index contributed by atoms with van der Waals surface area (Å²) in [5, 5.41) is 14.6. The number of aliphatic hydroxyl groups is 1. The SMILES string of the molecule is Cc1c(Cc2c(CN3CC(O)C3)nc3c(C)cc(N4CCOCC4)nn23)cccc1C(F)(F)F. The molecular formula is C24H28F3N5O2. The van der Waals surface area contributed by atoms with Crippen molar-refractivity contribution in [1.82, 2.24) is 19.5 Å². The number of imidazole rings is 1. The van der Waals surface area contributed by atoms with E-state index in [1.54, 1.807) is 10.6 Å². The number of likely N-dealkylation sites (tertiary alicyclic amines) is 1. The number of fused-ring (bicyclic) bond motifs is 1. The van der Waals surface area contributed by atoms with Crippen molar-refractivity contribution in [1.29, 1.82) is 0 Å².